The summed E-state index contributed by atoms with van der Waals surface area (Å²) in [7, 11) is 0. The van der Waals surface area contributed by atoms with Crippen molar-refractivity contribution in [1.29, 1.82) is 0 Å². The first kappa shape index (κ1) is 17.2. The number of halogens is 3. The van der Waals surface area contributed by atoms with Gasteiger partial charge in [-0.25, -0.2) is 0 Å². The Morgan fingerprint density at radius 3 is 2.00 bits per heavy atom. The maximum Gasteiger partial charge on any atom is 0.406 e. The largest absolute Gasteiger partial charge is 0.406 e. The van der Waals surface area contributed by atoms with Crippen LogP contribution in [-0.4, -0.2) is 59.0 Å². The lowest BCUT2D eigenvalue weighted by Gasteiger charge is -2.25. The molecule has 0 atom stereocenters. The minimum absolute atomic E-state index is 0.160. The third kappa shape index (κ3) is 5.21. The number of rotatable bonds is 7. The summed E-state index contributed by atoms with van der Waals surface area (Å²) in [5.41, 5.74) is 5.55. The van der Waals surface area contributed by atoms with Crippen molar-refractivity contribution in [3.8, 4) is 0 Å². The maximum absolute atomic E-state index is 12.6. The highest BCUT2D eigenvalue weighted by atomic mass is 19.4. The molecule has 1 rings (SSSR count). The molecule has 0 amide bonds. The van der Waals surface area contributed by atoms with E-state index in [9.17, 15) is 13.2 Å². The van der Waals surface area contributed by atoms with Crippen LogP contribution in [0.25, 0.3) is 0 Å². The van der Waals surface area contributed by atoms with Gasteiger partial charge in [-0.05, 0) is 13.8 Å². The Labute approximate surface area is 120 Å². The fraction of sp³-hybridized carbons (Fsp3) is 0.727. The first-order valence-electron chi connectivity index (χ1n) is 6.49. The molecule has 1 aromatic rings. The van der Waals surface area contributed by atoms with E-state index in [2.05, 4.69) is 15.0 Å². The zero-order valence-corrected chi connectivity index (χ0v) is 11.9. The van der Waals surface area contributed by atoms with Gasteiger partial charge in [-0.2, -0.15) is 28.1 Å². The summed E-state index contributed by atoms with van der Waals surface area (Å²) in [6.45, 7) is 2.92. The Balaban J connectivity index is 3.13. The van der Waals surface area contributed by atoms with Crippen LogP contribution in [0.15, 0.2) is 0 Å². The molecule has 0 aliphatic carbocycles. The summed E-state index contributed by atoms with van der Waals surface area (Å²) in [6, 6.07) is 0. The molecular weight excluding hydrogens is 289 g/mol. The summed E-state index contributed by atoms with van der Waals surface area (Å²) in [5, 5.41) is 8.91. The van der Waals surface area contributed by atoms with Crippen LogP contribution < -0.4 is 15.5 Å². The molecule has 10 heteroatoms. The van der Waals surface area contributed by atoms with E-state index in [-0.39, 0.29) is 24.4 Å². The summed E-state index contributed by atoms with van der Waals surface area (Å²) in [6.07, 6.45) is -4.44. The van der Waals surface area contributed by atoms with Crippen LogP contribution >= 0.6 is 0 Å². The minimum atomic E-state index is -4.44. The van der Waals surface area contributed by atoms with Crippen molar-refractivity contribution in [3.05, 3.63) is 0 Å². The maximum atomic E-state index is 12.6. The van der Waals surface area contributed by atoms with Gasteiger partial charge in [-0.15, -0.1) is 0 Å². The predicted molar refractivity (Wildman–Crippen MR) is 73.2 cm³/mol. The van der Waals surface area contributed by atoms with Crippen LogP contribution in [0.3, 0.4) is 0 Å². The second-order valence-corrected chi connectivity index (χ2v) is 4.23. The number of nitrogen functional groups attached to an aromatic ring is 1. The molecule has 0 aliphatic rings. The van der Waals surface area contributed by atoms with Gasteiger partial charge >= 0.3 is 6.18 Å². The van der Waals surface area contributed by atoms with Gasteiger partial charge < -0.3 is 20.6 Å². The van der Waals surface area contributed by atoms with Crippen LogP contribution in [0.4, 0.5) is 31.0 Å². The van der Waals surface area contributed by atoms with Gasteiger partial charge in [0.1, 0.15) is 6.54 Å². The highest BCUT2D eigenvalue weighted by Crippen LogP contribution is 2.21. The number of hydrogen-bond donors (Lipinski definition) is 2. The van der Waals surface area contributed by atoms with E-state index in [1.54, 1.807) is 4.90 Å². The van der Waals surface area contributed by atoms with Gasteiger partial charge in [0, 0.05) is 19.6 Å². The fourth-order valence-electron chi connectivity index (χ4n) is 1.75. The van der Waals surface area contributed by atoms with Crippen LogP contribution in [0, 0.1) is 0 Å². The van der Waals surface area contributed by atoms with Gasteiger partial charge in [0.15, 0.2) is 0 Å². The molecule has 0 bridgehead atoms. The molecule has 0 aromatic carbocycles. The Morgan fingerprint density at radius 1 is 1.05 bits per heavy atom. The standard InChI is InChI=1S/C11H19F3N6O/c1-3-19(4-2)9-16-8(15)17-10(18-9)20(5-6-21)7-11(12,13)14/h21H,3-7H2,1-2H3,(H2,15,16,17,18). The smallest absolute Gasteiger partial charge is 0.395 e. The molecule has 0 fully saturated rings. The minimum Gasteiger partial charge on any atom is -0.395 e. The van der Waals surface area contributed by atoms with Crippen molar-refractivity contribution in [2.45, 2.75) is 20.0 Å². The highest BCUT2D eigenvalue weighted by molar-refractivity contribution is 5.43. The zero-order valence-electron chi connectivity index (χ0n) is 11.9. The number of aliphatic hydroxyl groups is 1. The summed E-state index contributed by atoms with van der Waals surface area (Å²) >= 11 is 0. The Morgan fingerprint density at radius 2 is 1.57 bits per heavy atom. The molecule has 3 N–H and O–H groups in total. The number of aliphatic hydroxyl groups excluding tert-OH is 1. The number of aromatic nitrogens is 3. The number of hydrogen-bond acceptors (Lipinski definition) is 7. The van der Waals surface area contributed by atoms with Crippen molar-refractivity contribution in [3.63, 3.8) is 0 Å². The van der Waals surface area contributed by atoms with Crippen LogP contribution in [-0.2, 0) is 0 Å². The zero-order chi connectivity index (χ0) is 16.0. The molecule has 120 valence electrons. The lowest BCUT2D eigenvalue weighted by molar-refractivity contribution is -0.120. The third-order valence-corrected chi connectivity index (χ3v) is 2.70. The van der Waals surface area contributed by atoms with E-state index < -0.39 is 19.3 Å². The predicted octanol–water partition coefficient (Wildman–Crippen LogP) is 0.661. The quantitative estimate of drug-likeness (QED) is 0.764. The van der Waals surface area contributed by atoms with Crippen molar-refractivity contribution in [1.82, 2.24) is 15.0 Å². The van der Waals surface area contributed by atoms with Crippen molar-refractivity contribution >= 4 is 17.8 Å². The van der Waals surface area contributed by atoms with Crippen molar-refractivity contribution in [2.75, 3.05) is 48.3 Å². The van der Waals surface area contributed by atoms with Gasteiger partial charge in [-0.1, -0.05) is 0 Å². The first-order valence-corrected chi connectivity index (χ1v) is 6.49. The molecule has 21 heavy (non-hydrogen) atoms. The second-order valence-electron chi connectivity index (χ2n) is 4.23. The van der Waals surface area contributed by atoms with E-state index >= 15 is 0 Å². The highest BCUT2D eigenvalue weighted by Gasteiger charge is 2.32. The van der Waals surface area contributed by atoms with Gasteiger partial charge in [0.05, 0.1) is 6.61 Å². The number of nitrogens with zero attached hydrogens (tertiary/aromatic N) is 5. The normalized spacial score (nSPS) is 11.5. The van der Waals surface area contributed by atoms with E-state index in [0.29, 0.717) is 13.1 Å². The van der Waals surface area contributed by atoms with Crippen LogP contribution in [0.5, 0.6) is 0 Å². The molecule has 1 heterocycles. The Hall–Kier alpha value is -1.84. The molecule has 0 unspecified atom stereocenters. The fourth-order valence-corrected chi connectivity index (χ4v) is 1.75. The van der Waals surface area contributed by atoms with Gasteiger partial charge in [-0.3, -0.25) is 0 Å². The van der Waals surface area contributed by atoms with Crippen molar-refractivity contribution < 1.29 is 18.3 Å². The molecule has 0 saturated carbocycles. The van der Waals surface area contributed by atoms with Crippen molar-refractivity contribution in [2.24, 2.45) is 0 Å². The second kappa shape index (κ2) is 7.25. The van der Waals surface area contributed by atoms with E-state index in [4.69, 9.17) is 10.8 Å². The van der Waals surface area contributed by atoms with Gasteiger partial charge in [0.2, 0.25) is 17.8 Å². The average Bonchev–Trinajstić information content (AvgIpc) is 2.37. The first-order chi connectivity index (χ1) is 9.80. The summed E-state index contributed by atoms with van der Waals surface area (Å²) in [4.78, 5) is 14.2. The molecule has 7 nitrogen and oxygen atoms in total. The Bertz CT molecular complexity index is 452. The molecule has 1 aromatic heterocycles. The third-order valence-electron chi connectivity index (χ3n) is 2.70. The van der Waals surface area contributed by atoms with E-state index in [0.717, 1.165) is 4.90 Å². The SMILES string of the molecule is CCN(CC)c1nc(N)nc(N(CCO)CC(F)(F)F)n1. The lowest BCUT2D eigenvalue weighted by atomic mass is 10.5. The molecular formula is C11H19F3N6O. The molecule has 0 spiro atoms. The summed E-state index contributed by atoms with van der Waals surface area (Å²) < 4.78 is 37.7. The topological polar surface area (TPSA) is 91.4 Å². The number of alkyl halides is 3. The monoisotopic (exact) mass is 308 g/mol. The number of nitrogens with two attached hydrogens (primary N) is 1. The average molecular weight is 308 g/mol. The molecule has 0 saturated heterocycles. The van der Waals surface area contributed by atoms with E-state index in [1.165, 1.54) is 0 Å². The lowest BCUT2D eigenvalue weighted by Crippen LogP contribution is -2.38. The van der Waals surface area contributed by atoms with Crippen LogP contribution in [0.2, 0.25) is 0 Å². The van der Waals surface area contributed by atoms with E-state index in [1.807, 2.05) is 13.8 Å². The molecule has 0 radical (unpaired) electrons. The molecule has 0 aliphatic heterocycles. The van der Waals surface area contributed by atoms with Crippen LogP contribution in [0.1, 0.15) is 13.8 Å². The Kier molecular flexibility index (Phi) is 5.94. The summed E-state index contributed by atoms with van der Waals surface area (Å²) in [5.74, 6) is -0.143. The van der Waals surface area contributed by atoms with Gasteiger partial charge in [0.25, 0.3) is 0 Å². The number of anilines is 3.